The second-order valence-corrected chi connectivity index (χ2v) is 6.77. The van der Waals surface area contributed by atoms with E-state index in [0.717, 1.165) is 12.0 Å². The molecular formula is C20H30N2O3. The second kappa shape index (κ2) is 10.9. The lowest BCUT2D eigenvalue weighted by molar-refractivity contribution is -0.144. The maximum Gasteiger partial charge on any atom is 0.307 e. The summed E-state index contributed by atoms with van der Waals surface area (Å²) in [5, 5.41) is 0. The lowest BCUT2D eigenvalue weighted by atomic mass is 9.86. The van der Waals surface area contributed by atoms with Crippen molar-refractivity contribution in [2.24, 2.45) is 5.92 Å². The van der Waals surface area contributed by atoms with E-state index >= 15 is 0 Å². The highest BCUT2D eigenvalue weighted by Gasteiger charge is 2.19. The zero-order valence-corrected chi connectivity index (χ0v) is 15.3. The molecule has 0 bridgehead atoms. The van der Waals surface area contributed by atoms with Crippen molar-refractivity contribution in [1.29, 1.82) is 0 Å². The normalized spacial score (nSPS) is 14.9. The van der Waals surface area contributed by atoms with Gasteiger partial charge in [0.25, 0.3) is 0 Å². The first kappa shape index (κ1) is 19.4. The van der Waals surface area contributed by atoms with E-state index in [1.165, 1.54) is 32.1 Å². The Morgan fingerprint density at radius 2 is 2.04 bits per heavy atom. The highest BCUT2D eigenvalue weighted by Crippen LogP contribution is 2.27. The van der Waals surface area contributed by atoms with Crippen molar-refractivity contribution in [2.45, 2.75) is 64.8 Å². The molecule has 1 heterocycles. The Kier molecular flexibility index (Phi) is 8.43. The third kappa shape index (κ3) is 7.24. The molecule has 25 heavy (non-hydrogen) atoms. The number of aromatic nitrogens is 1. The van der Waals surface area contributed by atoms with Crippen LogP contribution in [0.25, 0.3) is 0 Å². The number of esters is 1. The van der Waals surface area contributed by atoms with Gasteiger partial charge in [-0.15, -0.1) is 0 Å². The molecule has 138 valence electrons. The minimum Gasteiger partial charge on any atom is -0.466 e. The molecule has 0 N–H and O–H groups in total. The Labute approximate surface area is 150 Å². The third-order valence-electron chi connectivity index (χ3n) is 4.83. The first-order valence-corrected chi connectivity index (χ1v) is 9.51. The topological polar surface area (TPSA) is 59.5 Å². The number of carbonyl (C=O) groups is 2. The largest absolute Gasteiger partial charge is 0.466 e. The SMILES string of the molecule is CCOC(=O)CCN(Cc1cccnc1)C(=O)CCC1CCCCC1. The van der Waals surface area contributed by atoms with Gasteiger partial charge in [-0.3, -0.25) is 14.6 Å². The number of rotatable bonds is 9. The summed E-state index contributed by atoms with van der Waals surface area (Å²) in [7, 11) is 0. The molecule has 0 saturated heterocycles. The van der Waals surface area contributed by atoms with Gasteiger partial charge in [-0.1, -0.05) is 38.2 Å². The van der Waals surface area contributed by atoms with Crippen molar-refractivity contribution in [1.82, 2.24) is 9.88 Å². The first-order chi connectivity index (χ1) is 12.2. The fourth-order valence-corrected chi connectivity index (χ4v) is 3.42. The Balaban J connectivity index is 1.89. The molecule has 5 heteroatoms. The van der Waals surface area contributed by atoms with Gasteiger partial charge in [0.1, 0.15) is 0 Å². The predicted octanol–water partition coefficient (Wildman–Crippen LogP) is 3.72. The molecule has 0 atom stereocenters. The fourth-order valence-electron chi connectivity index (χ4n) is 3.42. The summed E-state index contributed by atoms with van der Waals surface area (Å²) in [5.41, 5.74) is 0.984. The number of nitrogens with zero attached hydrogens (tertiary/aromatic N) is 2. The highest BCUT2D eigenvalue weighted by atomic mass is 16.5. The standard InChI is InChI=1S/C20H30N2O3/c1-2-25-20(24)12-14-22(16-18-9-6-13-21-15-18)19(23)11-10-17-7-4-3-5-8-17/h6,9,13,15,17H,2-5,7-8,10-12,14,16H2,1H3. The van der Waals surface area contributed by atoms with E-state index in [1.807, 2.05) is 12.1 Å². The summed E-state index contributed by atoms with van der Waals surface area (Å²) in [6, 6.07) is 3.82. The maximum atomic E-state index is 12.7. The molecule has 0 aromatic carbocycles. The van der Waals surface area contributed by atoms with Crippen LogP contribution in [0.5, 0.6) is 0 Å². The summed E-state index contributed by atoms with van der Waals surface area (Å²) in [6.07, 6.45) is 11.7. The van der Waals surface area contributed by atoms with Crippen LogP contribution in [-0.2, 0) is 20.9 Å². The van der Waals surface area contributed by atoms with Crippen molar-refractivity contribution in [3.8, 4) is 0 Å². The minimum atomic E-state index is -0.251. The van der Waals surface area contributed by atoms with Crippen LogP contribution in [0.3, 0.4) is 0 Å². The molecule has 0 spiro atoms. The van der Waals surface area contributed by atoms with E-state index in [4.69, 9.17) is 4.74 Å². The van der Waals surface area contributed by atoms with Crippen LogP contribution < -0.4 is 0 Å². The van der Waals surface area contributed by atoms with Crippen LogP contribution in [-0.4, -0.2) is 34.9 Å². The van der Waals surface area contributed by atoms with Gasteiger partial charge >= 0.3 is 5.97 Å². The average Bonchev–Trinajstić information content (AvgIpc) is 2.65. The molecule has 1 aliphatic carbocycles. The summed E-state index contributed by atoms with van der Waals surface area (Å²) < 4.78 is 4.99. The van der Waals surface area contributed by atoms with E-state index < -0.39 is 0 Å². The molecule has 5 nitrogen and oxygen atoms in total. The number of pyridine rings is 1. The van der Waals surface area contributed by atoms with Gasteiger partial charge in [0.2, 0.25) is 5.91 Å². The van der Waals surface area contributed by atoms with Crippen molar-refractivity contribution in [2.75, 3.05) is 13.2 Å². The molecule has 0 radical (unpaired) electrons. The Morgan fingerprint density at radius 1 is 1.24 bits per heavy atom. The van der Waals surface area contributed by atoms with Crippen LogP contribution in [0.1, 0.15) is 63.9 Å². The zero-order valence-electron chi connectivity index (χ0n) is 15.3. The second-order valence-electron chi connectivity index (χ2n) is 6.77. The molecule has 1 fully saturated rings. The molecular weight excluding hydrogens is 316 g/mol. The van der Waals surface area contributed by atoms with Crippen LogP contribution in [0, 0.1) is 5.92 Å². The van der Waals surface area contributed by atoms with Crippen LogP contribution in [0.2, 0.25) is 0 Å². The van der Waals surface area contributed by atoms with Gasteiger partial charge in [-0.05, 0) is 30.9 Å². The van der Waals surface area contributed by atoms with Crippen LogP contribution in [0.15, 0.2) is 24.5 Å². The van der Waals surface area contributed by atoms with Gasteiger partial charge in [-0.2, -0.15) is 0 Å². The number of carbonyl (C=O) groups excluding carboxylic acids is 2. The monoisotopic (exact) mass is 346 g/mol. The summed E-state index contributed by atoms with van der Waals surface area (Å²) in [4.78, 5) is 30.3. The van der Waals surface area contributed by atoms with Crippen molar-refractivity contribution in [3.63, 3.8) is 0 Å². The van der Waals surface area contributed by atoms with E-state index in [1.54, 1.807) is 24.2 Å². The quantitative estimate of drug-likeness (QED) is 0.639. The maximum absolute atomic E-state index is 12.7. The molecule has 1 aromatic rings. The lowest BCUT2D eigenvalue weighted by Crippen LogP contribution is -2.33. The molecule has 2 rings (SSSR count). The Bertz CT molecular complexity index is 527. The summed E-state index contributed by atoms with van der Waals surface area (Å²) >= 11 is 0. The van der Waals surface area contributed by atoms with Gasteiger partial charge in [0.05, 0.1) is 13.0 Å². The van der Waals surface area contributed by atoms with Crippen LogP contribution >= 0.6 is 0 Å². The number of amides is 1. The molecule has 1 amide bonds. The van der Waals surface area contributed by atoms with E-state index in [-0.39, 0.29) is 18.3 Å². The van der Waals surface area contributed by atoms with Gasteiger partial charge in [-0.25, -0.2) is 0 Å². The van der Waals surface area contributed by atoms with Crippen molar-refractivity contribution >= 4 is 11.9 Å². The Morgan fingerprint density at radius 3 is 2.72 bits per heavy atom. The number of hydrogen-bond donors (Lipinski definition) is 0. The predicted molar refractivity (Wildman–Crippen MR) is 96.7 cm³/mol. The smallest absolute Gasteiger partial charge is 0.307 e. The zero-order chi connectivity index (χ0) is 17.9. The van der Waals surface area contributed by atoms with Crippen molar-refractivity contribution < 1.29 is 14.3 Å². The molecule has 0 aliphatic heterocycles. The van der Waals surface area contributed by atoms with Crippen molar-refractivity contribution in [3.05, 3.63) is 30.1 Å². The van der Waals surface area contributed by atoms with Gasteiger partial charge < -0.3 is 9.64 Å². The average molecular weight is 346 g/mol. The number of hydrogen-bond acceptors (Lipinski definition) is 4. The molecule has 1 aliphatic rings. The van der Waals surface area contributed by atoms with Gasteiger partial charge in [0.15, 0.2) is 0 Å². The van der Waals surface area contributed by atoms with E-state index in [9.17, 15) is 9.59 Å². The van der Waals surface area contributed by atoms with Gasteiger partial charge in [0, 0.05) is 31.9 Å². The number of ether oxygens (including phenoxy) is 1. The lowest BCUT2D eigenvalue weighted by Gasteiger charge is -2.25. The molecule has 1 saturated carbocycles. The summed E-state index contributed by atoms with van der Waals surface area (Å²) in [6.45, 7) is 3.06. The van der Waals surface area contributed by atoms with E-state index in [0.29, 0.717) is 32.0 Å². The Hall–Kier alpha value is -1.91. The molecule has 0 unspecified atom stereocenters. The highest BCUT2D eigenvalue weighted by molar-refractivity contribution is 5.77. The van der Waals surface area contributed by atoms with E-state index in [2.05, 4.69) is 4.98 Å². The molecule has 1 aromatic heterocycles. The fraction of sp³-hybridized carbons (Fsp3) is 0.650. The summed E-state index contributed by atoms with van der Waals surface area (Å²) in [5.74, 6) is 0.556. The minimum absolute atomic E-state index is 0.124. The third-order valence-corrected chi connectivity index (χ3v) is 4.83. The van der Waals surface area contributed by atoms with Crippen LogP contribution in [0.4, 0.5) is 0 Å². The first-order valence-electron chi connectivity index (χ1n) is 9.51.